The van der Waals surface area contributed by atoms with Gasteiger partial charge in [0.2, 0.25) is 0 Å². The number of benzene rings is 2. The van der Waals surface area contributed by atoms with Gasteiger partial charge >= 0.3 is 0 Å². The van der Waals surface area contributed by atoms with Crippen molar-refractivity contribution in [3.8, 4) is 11.4 Å². The Bertz CT molecular complexity index is 795. The smallest absolute Gasteiger partial charge is 0.146 e. The third-order valence-electron chi connectivity index (χ3n) is 3.32. The van der Waals surface area contributed by atoms with Crippen molar-refractivity contribution in [2.75, 3.05) is 5.73 Å². The van der Waals surface area contributed by atoms with Crippen LogP contribution in [0.25, 0.3) is 22.4 Å². The molecule has 0 unspecified atom stereocenters. The minimum atomic E-state index is -0.418. The van der Waals surface area contributed by atoms with Gasteiger partial charge in [0.15, 0.2) is 0 Å². The van der Waals surface area contributed by atoms with Gasteiger partial charge < -0.3 is 10.3 Å². The third-order valence-corrected chi connectivity index (χ3v) is 3.81. The number of nitrogens with zero attached hydrogens (tertiary/aromatic N) is 2. The summed E-state index contributed by atoms with van der Waals surface area (Å²) >= 11 is 3.44. The molecule has 102 valence electrons. The number of aryl methyl sites for hydroxylation is 1. The van der Waals surface area contributed by atoms with E-state index in [1.54, 1.807) is 12.1 Å². The number of rotatable bonds is 2. The van der Waals surface area contributed by atoms with Crippen molar-refractivity contribution < 1.29 is 4.39 Å². The largest absolute Gasteiger partial charge is 0.396 e. The molecule has 0 saturated heterocycles. The fourth-order valence-corrected chi connectivity index (χ4v) is 2.71. The Morgan fingerprint density at radius 1 is 1.30 bits per heavy atom. The summed E-state index contributed by atoms with van der Waals surface area (Å²) in [5, 5.41) is 0. The van der Waals surface area contributed by atoms with Gasteiger partial charge in [-0.1, -0.05) is 22.0 Å². The van der Waals surface area contributed by atoms with E-state index in [9.17, 15) is 4.39 Å². The van der Waals surface area contributed by atoms with Crippen LogP contribution in [0.2, 0.25) is 0 Å². The molecule has 0 atom stereocenters. The van der Waals surface area contributed by atoms with Crippen LogP contribution in [-0.4, -0.2) is 9.55 Å². The maximum Gasteiger partial charge on any atom is 0.146 e. The van der Waals surface area contributed by atoms with Crippen molar-refractivity contribution in [2.24, 2.45) is 0 Å². The number of para-hydroxylation sites is 1. The van der Waals surface area contributed by atoms with Crippen LogP contribution in [0.4, 0.5) is 10.1 Å². The fraction of sp³-hybridized carbons (Fsp3) is 0.133. The first-order valence-corrected chi connectivity index (χ1v) is 7.11. The van der Waals surface area contributed by atoms with Gasteiger partial charge in [-0.05, 0) is 37.3 Å². The highest BCUT2D eigenvalue weighted by Crippen LogP contribution is 2.31. The van der Waals surface area contributed by atoms with Crippen molar-refractivity contribution in [2.45, 2.75) is 13.5 Å². The zero-order valence-electron chi connectivity index (χ0n) is 10.9. The van der Waals surface area contributed by atoms with Gasteiger partial charge in [-0.3, -0.25) is 0 Å². The van der Waals surface area contributed by atoms with Crippen LogP contribution in [0.3, 0.4) is 0 Å². The number of halogens is 2. The number of nitrogens with two attached hydrogens (primary N) is 1. The molecule has 5 heteroatoms. The summed E-state index contributed by atoms with van der Waals surface area (Å²) in [7, 11) is 0. The molecule has 0 aliphatic heterocycles. The maximum atomic E-state index is 13.7. The summed E-state index contributed by atoms with van der Waals surface area (Å²) < 4.78 is 16.6. The topological polar surface area (TPSA) is 43.8 Å². The number of aromatic nitrogens is 2. The van der Waals surface area contributed by atoms with Crippen LogP contribution in [0.5, 0.6) is 0 Å². The monoisotopic (exact) mass is 333 g/mol. The standard InChI is InChI=1S/C15H13BrFN3/c1-2-20-13-7-6-9(16)8-12(13)19-15(20)10-4-3-5-11(17)14(10)18/h3-8H,2,18H2,1H3. The fourth-order valence-electron chi connectivity index (χ4n) is 2.36. The van der Waals surface area contributed by atoms with E-state index in [4.69, 9.17) is 5.73 Å². The summed E-state index contributed by atoms with van der Waals surface area (Å²) in [6, 6.07) is 10.7. The molecule has 0 spiro atoms. The lowest BCUT2D eigenvalue weighted by Crippen LogP contribution is -2.01. The Labute approximate surface area is 124 Å². The summed E-state index contributed by atoms with van der Waals surface area (Å²) in [6.07, 6.45) is 0. The summed E-state index contributed by atoms with van der Waals surface area (Å²) in [5.41, 5.74) is 8.48. The van der Waals surface area contributed by atoms with Crippen molar-refractivity contribution in [3.05, 3.63) is 46.7 Å². The molecule has 1 heterocycles. The molecule has 0 radical (unpaired) electrons. The van der Waals surface area contributed by atoms with Crippen LogP contribution < -0.4 is 5.73 Å². The van der Waals surface area contributed by atoms with Gasteiger partial charge in [0.25, 0.3) is 0 Å². The first-order chi connectivity index (χ1) is 9.61. The molecule has 3 aromatic rings. The van der Waals surface area contributed by atoms with Crippen molar-refractivity contribution >= 4 is 32.7 Å². The second-order valence-electron chi connectivity index (χ2n) is 4.51. The number of anilines is 1. The van der Waals surface area contributed by atoms with E-state index < -0.39 is 5.82 Å². The van der Waals surface area contributed by atoms with Crippen LogP contribution in [0.15, 0.2) is 40.9 Å². The van der Waals surface area contributed by atoms with Gasteiger partial charge in [-0.2, -0.15) is 0 Å². The molecule has 0 aliphatic rings. The van der Waals surface area contributed by atoms with Crippen molar-refractivity contribution in [1.82, 2.24) is 9.55 Å². The van der Waals surface area contributed by atoms with Crippen molar-refractivity contribution in [1.29, 1.82) is 0 Å². The van der Waals surface area contributed by atoms with Gasteiger partial charge in [0.05, 0.1) is 16.7 Å². The average molecular weight is 334 g/mol. The van der Waals surface area contributed by atoms with Crippen LogP contribution in [0, 0.1) is 5.82 Å². The summed E-state index contributed by atoms with van der Waals surface area (Å²) in [4.78, 5) is 4.60. The molecule has 1 aromatic heterocycles. The number of nitrogen functional groups attached to an aromatic ring is 1. The lowest BCUT2D eigenvalue weighted by molar-refractivity contribution is 0.632. The van der Waals surface area contributed by atoms with E-state index >= 15 is 0 Å². The Hall–Kier alpha value is -1.88. The number of hydrogen-bond donors (Lipinski definition) is 1. The molecule has 0 bridgehead atoms. The summed E-state index contributed by atoms with van der Waals surface area (Å²) in [5.74, 6) is 0.274. The second-order valence-corrected chi connectivity index (χ2v) is 5.43. The molecule has 0 fully saturated rings. The summed E-state index contributed by atoms with van der Waals surface area (Å²) in [6.45, 7) is 2.77. The quantitative estimate of drug-likeness (QED) is 0.714. The lowest BCUT2D eigenvalue weighted by atomic mass is 10.1. The van der Waals surface area contributed by atoms with Gasteiger partial charge in [-0.25, -0.2) is 9.37 Å². The number of fused-ring (bicyclic) bond motifs is 1. The molecule has 0 aliphatic carbocycles. The van der Waals surface area contributed by atoms with E-state index in [1.165, 1.54) is 6.07 Å². The molecule has 20 heavy (non-hydrogen) atoms. The molecule has 0 amide bonds. The SMILES string of the molecule is CCn1c(-c2cccc(F)c2N)nc2cc(Br)ccc21. The van der Waals surface area contributed by atoms with E-state index in [0.717, 1.165) is 22.1 Å². The van der Waals surface area contributed by atoms with E-state index in [2.05, 4.69) is 20.9 Å². The lowest BCUT2D eigenvalue weighted by Gasteiger charge is -2.08. The minimum Gasteiger partial charge on any atom is -0.396 e. The second kappa shape index (κ2) is 4.90. The zero-order valence-corrected chi connectivity index (χ0v) is 12.5. The van der Waals surface area contributed by atoms with E-state index in [0.29, 0.717) is 11.4 Å². The van der Waals surface area contributed by atoms with Crippen LogP contribution >= 0.6 is 15.9 Å². The Balaban J connectivity index is 2.33. The maximum absolute atomic E-state index is 13.7. The molecular formula is C15H13BrFN3. The Morgan fingerprint density at radius 3 is 2.85 bits per heavy atom. The van der Waals surface area contributed by atoms with Gasteiger partial charge in [0.1, 0.15) is 11.6 Å². The minimum absolute atomic E-state index is 0.136. The third kappa shape index (κ3) is 1.98. The highest BCUT2D eigenvalue weighted by Gasteiger charge is 2.15. The van der Waals surface area contributed by atoms with Crippen LogP contribution in [-0.2, 0) is 6.54 Å². The predicted octanol–water partition coefficient (Wildman–Crippen LogP) is 4.21. The molecule has 2 aromatic carbocycles. The average Bonchev–Trinajstić information content (AvgIpc) is 2.79. The highest BCUT2D eigenvalue weighted by atomic mass is 79.9. The normalized spacial score (nSPS) is 11.2. The Morgan fingerprint density at radius 2 is 2.10 bits per heavy atom. The number of imidazole rings is 1. The van der Waals surface area contributed by atoms with Crippen molar-refractivity contribution in [3.63, 3.8) is 0 Å². The highest BCUT2D eigenvalue weighted by molar-refractivity contribution is 9.10. The first-order valence-electron chi connectivity index (χ1n) is 6.32. The molecular weight excluding hydrogens is 321 g/mol. The van der Waals surface area contributed by atoms with E-state index in [1.807, 2.05) is 29.7 Å². The number of hydrogen-bond acceptors (Lipinski definition) is 2. The van der Waals surface area contributed by atoms with Crippen LogP contribution in [0.1, 0.15) is 6.92 Å². The van der Waals surface area contributed by atoms with Gasteiger partial charge in [-0.15, -0.1) is 0 Å². The molecule has 2 N–H and O–H groups in total. The molecule has 0 saturated carbocycles. The first kappa shape index (κ1) is 13.1. The Kier molecular flexibility index (Phi) is 3.22. The van der Waals surface area contributed by atoms with E-state index in [-0.39, 0.29) is 5.69 Å². The predicted molar refractivity (Wildman–Crippen MR) is 82.9 cm³/mol. The zero-order chi connectivity index (χ0) is 14.3. The van der Waals surface area contributed by atoms with Gasteiger partial charge in [0, 0.05) is 16.6 Å². The molecule has 3 rings (SSSR count). The molecule has 3 nitrogen and oxygen atoms in total.